The van der Waals surface area contributed by atoms with Gasteiger partial charge >= 0.3 is 0 Å². The van der Waals surface area contributed by atoms with Crippen molar-refractivity contribution in [2.75, 3.05) is 5.32 Å². The fourth-order valence-corrected chi connectivity index (χ4v) is 1.70. The second-order valence-corrected chi connectivity index (χ2v) is 4.18. The zero-order valence-corrected chi connectivity index (χ0v) is 10.5. The van der Waals surface area contributed by atoms with Gasteiger partial charge in [-0.25, -0.2) is 14.8 Å². The molecule has 18 heavy (non-hydrogen) atoms. The second-order valence-electron chi connectivity index (χ2n) is 3.80. The standard InChI is InChI=1S/C13H11ClN4/c1-9(10-3-5-11(15-2)6-4-10)18-13-7-12(14)16-8-17-13/h3-9H,1H3,(H,16,17,18). The van der Waals surface area contributed by atoms with Gasteiger partial charge in [0.1, 0.15) is 17.3 Å². The molecule has 0 saturated heterocycles. The van der Waals surface area contributed by atoms with E-state index in [-0.39, 0.29) is 6.04 Å². The monoisotopic (exact) mass is 258 g/mol. The molecule has 0 amide bonds. The average molecular weight is 259 g/mol. The maximum absolute atomic E-state index is 6.90. The van der Waals surface area contributed by atoms with Gasteiger partial charge in [-0.2, -0.15) is 0 Å². The summed E-state index contributed by atoms with van der Waals surface area (Å²) in [6.07, 6.45) is 1.42. The Morgan fingerprint density at radius 2 is 2.00 bits per heavy atom. The summed E-state index contributed by atoms with van der Waals surface area (Å²) in [4.78, 5) is 11.3. The summed E-state index contributed by atoms with van der Waals surface area (Å²) in [6.45, 7) is 8.92. The fourth-order valence-electron chi connectivity index (χ4n) is 1.56. The summed E-state index contributed by atoms with van der Waals surface area (Å²) in [7, 11) is 0. The molecule has 1 atom stereocenters. The van der Waals surface area contributed by atoms with Gasteiger partial charge in [-0.15, -0.1) is 0 Å². The van der Waals surface area contributed by atoms with Gasteiger partial charge in [0.05, 0.1) is 6.57 Å². The quantitative estimate of drug-likeness (QED) is 0.672. The second kappa shape index (κ2) is 5.48. The predicted molar refractivity (Wildman–Crippen MR) is 71.8 cm³/mol. The van der Waals surface area contributed by atoms with Gasteiger partial charge in [-0.1, -0.05) is 35.9 Å². The molecule has 1 aromatic heterocycles. The van der Waals surface area contributed by atoms with Crippen molar-refractivity contribution in [3.8, 4) is 0 Å². The molecule has 0 aliphatic carbocycles. The topological polar surface area (TPSA) is 42.2 Å². The van der Waals surface area contributed by atoms with Crippen molar-refractivity contribution in [2.45, 2.75) is 13.0 Å². The number of hydrogen-bond acceptors (Lipinski definition) is 3. The van der Waals surface area contributed by atoms with Crippen LogP contribution in [0.15, 0.2) is 36.7 Å². The van der Waals surface area contributed by atoms with Crippen molar-refractivity contribution in [1.29, 1.82) is 0 Å². The molecule has 5 heteroatoms. The molecule has 4 nitrogen and oxygen atoms in total. The Labute approximate surface area is 110 Å². The molecule has 1 aromatic carbocycles. The molecule has 0 bridgehead atoms. The normalized spacial score (nSPS) is 11.6. The van der Waals surface area contributed by atoms with Gasteiger partial charge < -0.3 is 5.32 Å². The van der Waals surface area contributed by atoms with E-state index in [1.165, 1.54) is 6.33 Å². The van der Waals surface area contributed by atoms with Crippen molar-refractivity contribution in [1.82, 2.24) is 9.97 Å². The molecule has 0 spiro atoms. The zero-order valence-electron chi connectivity index (χ0n) is 9.76. The Bertz CT molecular complexity index is 574. The number of aromatic nitrogens is 2. The van der Waals surface area contributed by atoms with Crippen molar-refractivity contribution < 1.29 is 0 Å². The molecule has 90 valence electrons. The number of nitrogens with zero attached hydrogens (tertiary/aromatic N) is 3. The van der Waals surface area contributed by atoms with Crippen LogP contribution in [0.2, 0.25) is 5.15 Å². The SMILES string of the molecule is [C-]#[N+]c1ccc(C(C)Nc2cc(Cl)ncn2)cc1. The number of hydrogen-bond donors (Lipinski definition) is 1. The Morgan fingerprint density at radius 3 is 2.61 bits per heavy atom. The maximum Gasteiger partial charge on any atom is 0.187 e. The first-order valence-corrected chi connectivity index (χ1v) is 5.78. The van der Waals surface area contributed by atoms with Crippen LogP contribution in [0.5, 0.6) is 0 Å². The van der Waals surface area contributed by atoms with E-state index in [0.717, 1.165) is 5.56 Å². The highest BCUT2D eigenvalue weighted by atomic mass is 35.5. The highest BCUT2D eigenvalue weighted by Gasteiger charge is 2.06. The van der Waals surface area contributed by atoms with Gasteiger partial charge in [-0.3, -0.25) is 0 Å². The van der Waals surface area contributed by atoms with Crippen molar-refractivity contribution in [3.05, 3.63) is 58.8 Å². The molecular formula is C13H11ClN4. The third kappa shape index (κ3) is 2.96. The number of halogens is 1. The first-order chi connectivity index (χ1) is 8.69. The molecule has 0 aliphatic heterocycles. The number of nitrogens with one attached hydrogen (secondary N) is 1. The number of benzene rings is 1. The van der Waals surface area contributed by atoms with Crippen LogP contribution in [-0.2, 0) is 0 Å². The molecule has 0 aliphatic rings. The van der Waals surface area contributed by atoms with Crippen LogP contribution in [0.25, 0.3) is 4.85 Å². The Hall–Kier alpha value is -2.12. The molecule has 1 heterocycles. The molecule has 2 aromatic rings. The highest BCUT2D eigenvalue weighted by molar-refractivity contribution is 6.29. The first-order valence-electron chi connectivity index (χ1n) is 5.40. The van der Waals surface area contributed by atoms with Crippen LogP contribution in [-0.4, -0.2) is 9.97 Å². The lowest BCUT2D eigenvalue weighted by atomic mass is 10.1. The van der Waals surface area contributed by atoms with Gasteiger partial charge in [0, 0.05) is 12.1 Å². The molecule has 1 unspecified atom stereocenters. The van der Waals surface area contributed by atoms with Crippen molar-refractivity contribution in [2.24, 2.45) is 0 Å². The van der Waals surface area contributed by atoms with E-state index in [2.05, 4.69) is 20.1 Å². The predicted octanol–water partition coefficient (Wildman–Crippen LogP) is 3.85. The summed E-state index contributed by atoms with van der Waals surface area (Å²) in [6, 6.07) is 9.20. The van der Waals surface area contributed by atoms with Gasteiger partial charge in [0.2, 0.25) is 0 Å². The van der Waals surface area contributed by atoms with Crippen LogP contribution >= 0.6 is 11.6 Å². The lowest BCUT2D eigenvalue weighted by Crippen LogP contribution is -2.07. The molecule has 2 rings (SSSR count). The molecule has 0 saturated carbocycles. The molecule has 0 radical (unpaired) electrons. The minimum Gasteiger partial charge on any atom is -0.363 e. The third-order valence-corrected chi connectivity index (χ3v) is 2.73. The van der Waals surface area contributed by atoms with Crippen molar-refractivity contribution >= 4 is 23.1 Å². The summed E-state index contributed by atoms with van der Waals surface area (Å²) >= 11 is 5.79. The third-order valence-electron chi connectivity index (χ3n) is 2.52. The van der Waals surface area contributed by atoms with E-state index in [9.17, 15) is 0 Å². The molecule has 1 N–H and O–H groups in total. The van der Waals surface area contributed by atoms with Crippen LogP contribution in [0.4, 0.5) is 11.5 Å². The summed E-state index contributed by atoms with van der Waals surface area (Å²) in [5.41, 5.74) is 1.72. The minimum absolute atomic E-state index is 0.0794. The molecular weight excluding hydrogens is 248 g/mol. The van der Waals surface area contributed by atoms with E-state index in [0.29, 0.717) is 16.7 Å². The Balaban J connectivity index is 2.12. The number of anilines is 1. The summed E-state index contributed by atoms with van der Waals surface area (Å²) in [5.74, 6) is 0.678. The largest absolute Gasteiger partial charge is 0.363 e. The van der Waals surface area contributed by atoms with Gasteiger partial charge in [-0.05, 0) is 12.5 Å². The van der Waals surface area contributed by atoms with E-state index >= 15 is 0 Å². The van der Waals surface area contributed by atoms with Crippen molar-refractivity contribution in [3.63, 3.8) is 0 Å². The molecule has 0 fully saturated rings. The van der Waals surface area contributed by atoms with Crippen LogP contribution in [0.1, 0.15) is 18.5 Å². The minimum atomic E-state index is 0.0794. The Kier molecular flexibility index (Phi) is 3.75. The van der Waals surface area contributed by atoms with Gasteiger partial charge in [0.15, 0.2) is 5.69 Å². The number of rotatable bonds is 3. The maximum atomic E-state index is 6.90. The smallest absolute Gasteiger partial charge is 0.187 e. The van der Waals surface area contributed by atoms with Crippen LogP contribution < -0.4 is 5.32 Å². The first kappa shape index (κ1) is 12.3. The summed E-state index contributed by atoms with van der Waals surface area (Å²) in [5, 5.41) is 3.63. The van der Waals surface area contributed by atoms with E-state index in [1.54, 1.807) is 18.2 Å². The van der Waals surface area contributed by atoms with Crippen LogP contribution in [0.3, 0.4) is 0 Å². The van der Waals surface area contributed by atoms with E-state index in [1.807, 2.05) is 19.1 Å². The average Bonchev–Trinajstić information content (AvgIpc) is 2.39. The lowest BCUT2D eigenvalue weighted by molar-refractivity contribution is 0.872. The fraction of sp³-hybridized carbons (Fsp3) is 0.154. The van der Waals surface area contributed by atoms with Crippen LogP contribution in [0, 0.1) is 6.57 Å². The van der Waals surface area contributed by atoms with Gasteiger partial charge in [0.25, 0.3) is 0 Å². The Morgan fingerprint density at radius 1 is 1.28 bits per heavy atom. The zero-order chi connectivity index (χ0) is 13.0. The highest BCUT2D eigenvalue weighted by Crippen LogP contribution is 2.21. The van der Waals surface area contributed by atoms with E-state index < -0.39 is 0 Å². The lowest BCUT2D eigenvalue weighted by Gasteiger charge is -2.14. The summed E-state index contributed by atoms with van der Waals surface area (Å²) < 4.78 is 0. The van der Waals surface area contributed by atoms with E-state index in [4.69, 9.17) is 18.2 Å².